The quantitative estimate of drug-likeness (QED) is 0.765. The molecule has 2 heterocycles. The van der Waals surface area contributed by atoms with Gasteiger partial charge in [0.2, 0.25) is 0 Å². The number of anilines is 1. The molecule has 118 valence electrons. The first-order chi connectivity index (χ1) is 10.9. The van der Waals surface area contributed by atoms with Crippen molar-refractivity contribution in [2.24, 2.45) is 0 Å². The van der Waals surface area contributed by atoms with Crippen molar-refractivity contribution in [2.75, 3.05) is 5.32 Å². The smallest absolute Gasteiger partial charge is 0.412 e. The van der Waals surface area contributed by atoms with Crippen LogP contribution in [0.5, 0.6) is 0 Å². The molecule has 0 radical (unpaired) electrons. The number of carbonyl (C=O) groups is 1. The summed E-state index contributed by atoms with van der Waals surface area (Å²) < 4.78 is 7.14. The van der Waals surface area contributed by atoms with E-state index in [0.717, 1.165) is 16.9 Å². The summed E-state index contributed by atoms with van der Waals surface area (Å²) in [5.74, 6) is 0. The predicted molar refractivity (Wildman–Crippen MR) is 90.5 cm³/mol. The second-order valence-electron chi connectivity index (χ2n) is 6.30. The maximum atomic E-state index is 11.8. The van der Waals surface area contributed by atoms with Crippen molar-refractivity contribution in [3.05, 3.63) is 54.9 Å². The van der Waals surface area contributed by atoms with E-state index in [0.29, 0.717) is 5.69 Å². The van der Waals surface area contributed by atoms with Crippen molar-refractivity contribution in [3.63, 3.8) is 0 Å². The molecule has 0 aliphatic heterocycles. The number of imidazole rings is 1. The van der Waals surface area contributed by atoms with Crippen LogP contribution in [0.1, 0.15) is 20.8 Å². The monoisotopic (exact) mass is 309 g/mol. The number of aromatic nitrogens is 2. The average molecular weight is 309 g/mol. The molecule has 0 fully saturated rings. The van der Waals surface area contributed by atoms with Crippen LogP contribution in [0, 0.1) is 0 Å². The number of amides is 1. The minimum atomic E-state index is -0.524. The lowest BCUT2D eigenvalue weighted by atomic mass is 10.2. The van der Waals surface area contributed by atoms with Crippen molar-refractivity contribution in [1.82, 2.24) is 9.38 Å². The zero-order valence-electron chi connectivity index (χ0n) is 13.4. The lowest BCUT2D eigenvalue weighted by Crippen LogP contribution is -2.27. The number of benzene rings is 1. The van der Waals surface area contributed by atoms with Gasteiger partial charge in [0.05, 0.1) is 11.4 Å². The van der Waals surface area contributed by atoms with E-state index in [1.807, 2.05) is 74.0 Å². The van der Waals surface area contributed by atoms with Gasteiger partial charge in [0.15, 0.2) is 0 Å². The summed E-state index contributed by atoms with van der Waals surface area (Å²) in [6.45, 7) is 5.49. The highest BCUT2D eigenvalue weighted by molar-refractivity contribution is 5.85. The molecular formula is C18H19N3O2. The Hall–Kier alpha value is -2.82. The first-order valence-corrected chi connectivity index (χ1v) is 7.45. The van der Waals surface area contributed by atoms with Crippen LogP contribution in [0.25, 0.3) is 16.9 Å². The lowest BCUT2D eigenvalue weighted by molar-refractivity contribution is 0.0636. The van der Waals surface area contributed by atoms with Crippen LogP contribution in [-0.2, 0) is 4.74 Å². The number of fused-ring (bicyclic) bond motifs is 1. The minimum Gasteiger partial charge on any atom is -0.444 e. The molecule has 1 amide bonds. The largest absolute Gasteiger partial charge is 0.444 e. The topological polar surface area (TPSA) is 55.6 Å². The Balaban J connectivity index is 1.84. The molecule has 3 aromatic rings. The fourth-order valence-electron chi connectivity index (χ4n) is 2.24. The molecule has 0 saturated carbocycles. The number of carbonyl (C=O) groups excluding carboxylic acids is 1. The Labute approximate surface area is 134 Å². The first-order valence-electron chi connectivity index (χ1n) is 7.45. The van der Waals surface area contributed by atoms with Crippen molar-refractivity contribution in [2.45, 2.75) is 26.4 Å². The fourth-order valence-corrected chi connectivity index (χ4v) is 2.24. The molecule has 0 saturated heterocycles. The molecule has 1 N–H and O–H groups in total. The van der Waals surface area contributed by atoms with Gasteiger partial charge in [-0.25, -0.2) is 9.78 Å². The molecule has 0 unspecified atom stereocenters. The molecule has 0 bridgehead atoms. The summed E-state index contributed by atoms with van der Waals surface area (Å²) >= 11 is 0. The average Bonchev–Trinajstić information content (AvgIpc) is 2.89. The van der Waals surface area contributed by atoms with E-state index in [1.165, 1.54) is 0 Å². The van der Waals surface area contributed by atoms with E-state index in [4.69, 9.17) is 4.74 Å². The van der Waals surface area contributed by atoms with Crippen molar-refractivity contribution < 1.29 is 9.53 Å². The van der Waals surface area contributed by atoms with Gasteiger partial charge in [-0.3, -0.25) is 5.32 Å². The molecule has 0 aliphatic carbocycles. The Morgan fingerprint density at radius 1 is 1.09 bits per heavy atom. The molecule has 3 rings (SSSR count). The van der Waals surface area contributed by atoms with Crippen LogP contribution >= 0.6 is 0 Å². The zero-order chi connectivity index (χ0) is 16.4. The van der Waals surface area contributed by atoms with Gasteiger partial charge < -0.3 is 9.14 Å². The third-order valence-corrected chi connectivity index (χ3v) is 3.17. The van der Waals surface area contributed by atoms with Gasteiger partial charge in [-0.1, -0.05) is 30.3 Å². The number of ether oxygens (including phenoxy) is 1. The van der Waals surface area contributed by atoms with Crippen LogP contribution in [0.2, 0.25) is 0 Å². The molecule has 1 aromatic carbocycles. The predicted octanol–water partition coefficient (Wildman–Crippen LogP) is 4.35. The zero-order valence-corrected chi connectivity index (χ0v) is 13.4. The molecule has 0 aliphatic rings. The fraction of sp³-hybridized carbons (Fsp3) is 0.222. The molecule has 2 aromatic heterocycles. The third-order valence-electron chi connectivity index (χ3n) is 3.17. The number of rotatable bonds is 2. The van der Waals surface area contributed by atoms with Crippen molar-refractivity contribution in [3.8, 4) is 11.3 Å². The lowest BCUT2D eigenvalue weighted by Gasteiger charge is -2.19. The van der Waals surface area contributed by atoms with Gasteiger partial charge in [-0.05, 0) is 32.9 Å². The molecule has 5 heteroatoms. The van der Waals surface area contributed by atoms with Crippen LogP contribution in [0.4, 0.5) is 10.5 Å². The standard InChI is InChI=1S/C18H19N3O2/c1-18(2,3)23-17(22)19-14-9-10-16-20-15(12-21(16)11-14)13-7-5-4-6-8-13/h4-12H,1-3H3,(H,19,22). The Bertz CT molecular complexity index is 832. The van der Waals surface area contributed by atoms with Crippen LogP contribution in [0.15, 0.2) is 54.9 Å². The summed E-state index contributed by atoms with van der Waals surface area (Å²) in [6.07, 6.45) is 3.28. The first kappa shape index (κ1) is 15.1. The highest BCUT2D eigenvalue weighted by Gasteiger charge is 2.16. The number of pyridine rings is 1. The van der Waals surface area contributed by atoms with Gasteiger partial charge in [0.25, 0.3) is 0 Å². The summed E-state index contributed by atoms with van der Waals surface area (Å²) in [6, 6.07) is 13.6. The highest BCUT2D eigenvalue weighted by Crippen LogP contribution is 2.20. The Morgan fingerprint density at radius 3 is 2.52 bits per heavy atom. The van der Waals surface area contributed by atoms with Gasteiger partial charge in [-0.15, -0.1) is 0 Å². The van der Waals surface area contributed by atoms with E-state index in [-0.39, 0.29) is 0 Å². The summed E-state index contributed by atoms with van der Waals surface area (Å²) in [7, 11) is 0. The Kier molecular flexibility index (Phi) is 3.78. The summed E-state index contributed by atoms with van der Waals surface area (Å²) in [4.78, 5) is 16.4. The third kappa shape index (κ3) is 3.69. The maximum absolute atomic E-state index is 11.8. The number of nitrogens with one attached hydrogen (secondary N) is 1. The second-order valence-corrected chi connectivity index (χ2v) is 6.30. The van der Waals surface area contributed by atoms with Crippen molar-refractivity contribution in [1.29, 1.82) is 0 Å². The molecule has 0 atom stereocenters. The number of nitrogens with zero attached hydrogens (tertiary/aromatic N) is 2. The Morgan fingerprint density at radius 2 is 1.83 bits per heavy atom. The van der Waals surface area contributed by atoms with E-state index >= 15 is 0 Å². The van der Waals surface area contributed by atoms with Gasteiger partial charge in [0, 0.05) is 18.0 Å². The summed E-state index contributed by atoms with van der Waals surface area (Å²) in [5.41, 5.74) is 2.89. The van der Waals surface area contributed by atoms with Crippen LogP contribution in [-0.4, -0.2) is 21.1 Å². The SMILES string of the molecule is CC(C)(C)OC(=O)Nc1ccc2nc(-c3ccccc3)cn2c1. The molecule has 5 nitrogen and oxygen atoms in total. The summed E-state index contributed by atoms with van der Waals surface area (Å²) in [5, 5.41) is 2.73. The molecular weight excluding hydrogens is 290 g/mol. The maximum Gasteiger partial charge on any atom is 0.412 e. The minimum absolute atomic E-state index is 0.472. The number of hydrogen-bond acceptors (Lipinski definition) is 3. The van der Waals surface area contributed by atoms with Gasteiger partial charge in [0.1, 0.15) is 11.2 Å². The second kappa shape index (κ2) is 5.76. The normalized spacial score (nSPS) is 11.4. The van der Waals surface area contributed by atoms with Crippen molar-refractivity contribution >= 4 is 17.4 Å². The van der Waals surface area contributed by atoms with Gasteiger partial charge in [-0.2, -0.15) is 0 Å². The highest BCUT2D eigenvalue weighted by atomic mass is 16.6. The van der Waals surface area contributed by atoms with Crippen LogP contribution < -0.4 is 5.32 Å². The van der Waals surface area contributed by atoms with Crippen LogP contribution in [0.3, 0.4) is 0 Å². The van der Waals surface area contributed by atoms with E-state index < -0.39 is 11.7 Å². The van der Waals surface area contributed by atoms with E-state index in [2.05, 4.69) is 10.3 Å². The van der Waals surface area contributed by atoms with E-state index in [1.54, 1.807) is 6.07 Å². The molecule has 23 heavy (non-hydrogen) atoms. The number of hydrogen-bond donors (Lipinski definition) is 1. The van der Waals surface area contributed by atoms with Gasteiger partial charge >= 0.3 is 6.09 Å². The van der Waals surface area contributed by atoms with E-state index in [9.17, 15) is 4.79 Å². The molecule has 0 spiro atoms.